The second-order valence-electron chi connectivity index (χ2n) is 5.86. The number of esters is 1. The normalized spacial score (nSPS) is 10.2. The summed E-state index contributed by atoms with van der Waals surface area (Å²) in [5, 5.41) is 5.93. The van der Waals surface area contributed by atoms with Crippen LogP contribution in [0.25, 0.3) is 0 Å². The Morgan fingerprint density at radius 2 is 1.75 bits per heavy atom. The molecule has 0 radical (unpaired) electrons. The van der Waals surface area contributed by atoms with Crippen molar-refractivity contribution in [3.05, 3.63) is 83.8 Å². The third-order valence-corrected chi connectivity index (χ3v) is 3.86. The van der Waals surface area contributed by atoms with Crippen LogP contribution in [0, 0.1) is 0 Å². The van der Waals surface area contributed by atoms with Crippen LogP contribution in [0.3, 0.4) is 0 Å². The Hall–Kier alpha value is -3.74. The lowest BCUT2D eigenvalue weighted by Crippen LogP contribution is -2.13. The first-order valence-corrected chi connectivity index (χ1v) is 8.84. The summed E-state index contributed by atoms with van der Waals surface area (Å²) in [4.78, 5) is 32.5. The molecule has 0 unspecified atom stereocenters. The molecule has 0 saturated carbocycles. The second-order valence-corrected chi connectivity index (χ2v) is 5.86. The van der Waals surface area contributed by atoms with E-state index < -0.39 is 5.97 Å². The van der Waals surface area contributed by atoms with E-state index in [1.807, 2.05) is 18.2 Å². The predicted octanol–water partition coefficient (Wildman–Crippen LogP) is 3.52. The summed E-state index contributed by atoms with van der Waals surface area (Å²) in [6.45, 7) is 2.61. The first kappa shape index (κ1) is 19.0. The minimum atomic E-state index is -0.390. The van der Waals surface area contributed by atoms with Crippen molar-refractivity contribution in [2.24, 2.45) is 0 Å². The first-order valence-electron chi connectivity index (χ1n) is 8.84. The van der Waals surface area contributed by atoms with Gasteiger partial charge in [0.2, 0.25) is 0 Å². The lowest BCUT2D eigenvalue weighted by atomic mass is 10.2. The van der Waals surface area contributed by atoms with Gasteiger partial charge >= 0.3 is 5.97 Å². The van der Waals surface area contributed by atoms with Crippen molar-refractivity contribution in [3.63, 3.8) is 0 Å². The molecule has 1 amide bonds. The van der Waals surface area contributed by atoms with Crippen LogP contribution in [0.2, 0.25) is 0 Å². The van der Waals surface area contributed by atoms with Crippen molar-refractivity contribution in [1.82, 2.24) is 9.97 Å². The number of nitrogens with one attached hydrogen (secondary N) is 2. The van der Waals surface area contributed by atoms with E-state index in [1.54, 1.807) is 49.5 Å². The maximum absolute atomic E-state index is 12.4. The van der Waals surface area contributed by atoms with Gasteiger partial charge < -0.3 is 15.4 Å². The van der Waals surface area contributed by atoms with E-state index in [9.17, 15) is 9.59 Å². The average Bonchev–Trinajstić information content (AvgIpc) is 2.74. The molecule has 0 atom stereocenters. The zero-order valence-corrected chi connectivity index (χ0v) is 15.4. The van der Waals surface area contributed by atoms with Gasteiger partial charge in [0, 0.05) is 18.1 Å². The van der Waals surface area contributed by atoms with Crippen molar-refractivity contribution < 1.29 is 14.3 Å². The smallest absolute Gasteiger partial charge is 0.338 e. The predicted molar refractivity (Wildman–Crippen MR) is 106 cm³/mol. The number of hydrogen-bond acceptors (Lipinski definition) is 6. The van der Waals surface area contributed by atoms with Crippen LogP contribution in [0.5, 0.6) is 0 Å². The van der Waals surface area contributed by atoms with Crippen LogP contribution in [0.4, 0.5) is 11.5 Å². The fourth-order valence-corrected chi connectivity index (χ4v) is 2.42. The Bertz CT molecular complexity index is 926. The quantitative estimate of drug-likeness (QED) is 0.613. The Labute approximate surface area is 162 Å². The van der Waals surface area contributed by atoms with Gasteiger partial charge in [0.05, 0.1) is 30.0 Å². The van der Waals surface area contributed by atoms with Gasteiger partial charge in [-0.25, -0.2) is 9.78 Å². The average molecular weight is 376 g/mol. The van der Waals surface area contributed by atoms with Gasteiger partial charge in [0.25, 0.3) is 5.91 Å². The molecule has 1 aromatic carbocycles. The number of benzene rings is 1. The van der Waals surface area contributed by atoms with Crippen LogP contribution in [-0.4, -0.2) is 28.5 Å². The van der Waals surface area contributed by atoms with Crippen LogP contribution in [0.1, 0.15) is 33.3 Å². The third kappa shape index (κ3) is 5.14. The minimum Gasteiger partial charge on any atom is -0.462 e. The van der Waals surface area contributed by atoms with Crippen LogP contribution < -0.4 is 10.6 Å². The van der Waals surface area contributed by atoms with E-state index >= 15 is 0 Å². The summed E-state index contributed by atoms with van der Waals surface area (Å²) in [5.41, 5.74) is 2.34. The topological polar surface area (TPSA) is 93.2 Å². The molecule has 0 aliphatic rings. The molecule has 2 heterocycles. The second kappa shape index (κ2) is 9.27. The van der Waals surface area contributed by atoms with E-state index in [4.69, 9.17) is 4.74 Å². The summed E-state index contributed by atoms with van der Waals surface area (Å²) in [6, 6.07) is 15.7. The minimum absolute atomic E-state index is 0.285. The highest BCUT2D eigenvalue weighted by Gasteiger charge is 2.09. The Kier molecular flexibility index (Phi) is 6.30. The number of nitrogens with zero attached hydrogens (tertiary/aromatic N) is 2. The maximum Gasteiger partial charge on any atom is 0.338 e. The molecule has 3 aromatic rings. The number of aromatic nitrogens is 2. The fraction of sp³-hybridized carbons (Fsp3) is 0.143. The SMILES string of the molecule is CCOC(=O)c1ccc(NC(=O)c2ccc(NCc3ccccn3)nc2)cc1. The number of carbonyl (C=O) groups is 2. The molecule has 0 fully saturated rings. The standard InChI is InChI=1S/C21H20N4O3/c1-2-28-21(27)15-6-9-17(10-7-15)25-20(26)16-8-11-19(23-13-16)24-14-18-5-3-4-12-22-18/h3-13H,2,14H2,1H3,(H,23,24)(H,25,26). The third-order valence-electron chi connectivity index (χ3n) is 3.86. The molecule has 0 aliphatic carbocycles. The fourth-order valence-electron chi connectivity index (χ4n) is 2.42. The Morgan fingerprint density at radius 1 is 0.964 bits per heavy atom. The summed E-state index contributed by atoms with van der Waals surface area (Å²) in [7, 11) is 0. The van der Waals surface area contributed by atoms with E-state index in [-0.39, 0.29) is 5.91 Å². The number of carbonyl (C=O) groups excluding carboxylic acids is 2. The number of hydrogen-bond donors (Lipinski definition) is 2. The molecule has 2 N–H and O–H groups in total. The summed E-state index contributed by atoms with van der Waals surface area (Å²) in [5.74, 6) is -0.0213. The molecule has 0 bridgehead atoms. The maximum atomic E-state index is 12.4. The molecule has 7 heteroatoms. The number of amides is 1. The highest BCUT2D eigenvalue weighted by Crippen LogP contribution is 2.13. The van der Waals surface area contributed by atoms with Gasteiger partial charge in [-0.3, -0.25) is 9.78 Å². The molecular formula is C21H20N4O3. The molecule has 3 rings (SSSR count). The molecular weight excluding hydrogens is 356 g/mol. The van der Waals surface area contributed by atoms with Crippen molar-refractivity contribution in [1.29, 1.82) is 0 Å². The summed E-state index contributed by atoms with van der Waals surface area (Å²) in [6.07, 6.45) is 3.24. The Morgan fingerprint density at radius 3 is 2.39 bits per heavy atom. The number of pyridine rings is 2. The van der Waals surface area contributed by atoms with E-state index in [0.717, 1.165) is 5.69 Å². The zero-order valence-electron chi connectivity index (χ0n) is 15.4. The highest BCUT2D eigenvalue weighted by molar-refractivity contribution is 6.04. The zero-order chi connectivity index (χ0) is 19.8. The summed E-state index contributed by atoms with van der Waals surface area (Å²) >= 11 is 0. The molecule has 0 saturated heterocycles. The Balaban J connectivity index is 1.56. The largest absolute Gasteiger partial charge is 0.462 e. The molecule has 0 spiro atoms. The van der Waals surface area contributed by atoms with Crippen molar-refractivity contribution in [3.8, 4) is 0 Å². The molecule has 2 aromatic heterocycles. The van der Waals surface area contributed by atoms with Gasteiger partial charge in [-0.1, -0.05) is 6.07 Å². The van der Waals surface area contributed by atoms with Crippen molar-refractivity contribution in [2.45, 2.75) is 13.5 Å². The van der Waals surface area contributed by atoms with E-state index in [2.05, 4.69) is 20.6 Å². The summed E-state index contributed by atoms with van der Waals surface area (Å²) < 4.78 is 4.93. The van der Waals surface area contributed by atoms with Crippen molar-refractivity contribution >= 4 is 23.4 Å². The number of ether oxygens (including phenoxy) is 1. The van der Waals surface area contributed by atoms with Crippen LogP contribution in [0.15, 0.2) is 67.0 Å². The van der Waals surface area contributed by atoms with Gasteiger partial charge in [-0.05, 0) is 55.5 Å². The lowest BCUT2D eigenvalue weighted by Gasteiger charge is -2.08. The van der Waals surface area contributed by atoms with E-state index in [1.165, 1.54) is 6.20 Å². The van der Waals surface area contributed by atoms with Gasteiger partial charge in [0.15, 0.2) is 0 Å². The highest BCUT2D eigenvalue weighted by atomic mass is 16.5. The van der Waals surface area contributed by atoms with E-state index in [0.29, 0.717) is 35.8 Å². The lowest BCUT2D eigenvalue weighted by molar-refractivity contribution is 0.0526. The number of anilines is 2. The number of rotatable bonds is 7. The molecule has 7 nitrogen and oxygen atoms in total. The molecule has 142 valence electrons. The monoisotopic (exact) mass is 376 g/mol. The van der Waals surface area contributed by atoms with Gasteiger partial charge in [0.1, 0.15) is 5.82 Å². The van der Waals surface area contributed by atoms with Gasteiger partial charge in [-0.2, -0.15) is 0 Å². The molecule has 28 heavy (non-hydrogen) atoms. The van der Waals surface area contributed by atoms with Crippen LogP contribution >= 0.6 is 0 Å². The first-order chi connectivity index (χ1) is 13.7. The van der Waals surface area contributed by atoms with Crippen molar-refractivity contribution in [2.75, 3.05) is 17.2 Å². The molecule has 0 aliphatic heterocycles. The van der Waals surface area contributed by atoms with Gasteiger partial charge in [-0.15, -0.1) is 0 Å². The van der Waals surface area contributed by atoms with Crippen LogP contribution in [-0.2, 0) is 11.3 Å².